The molecule has 2 unspecified atom stereocenters. The standard InChI is InChI=1S/C53H101NO5/c1-3-5-7-9-11-13-15-17-18-19-20-21-23-27-31-35-39-43-47-53(58)59-48-44-40-36-32-28-24-26-30-34-38-42-46-52(57)54-50(49-55)51(56)45-41-37-33-29-25-22-16-14-12-10-8-6-4-2/h13,15,18-19,50-51,55-56H,3-12,14,16-17,20-49H2,1-2H3,(H,54,57)/b15-13-,19-18-. The monoisotopic (exact) mass is 832 g/mol. The van der Waals surface area contributed by atoms with Crippen molar-refractivity contribution in [3.05, 3.63) is 24.3 Å². The molecule has 0 aromatic carbocycles. The summed E-state index contributed by atoms with van der Waals surface area (Å²) in [7, 11) is 0. The molecule has 59 heavy (non-hydrogen) atoms. The molecular weight excluding hydrogens is 731 g/mol. The molecule has 0 heterocycles. The number of amides is 1. The zero-order valence-electron chi connectivity index (χ0n) is 39.5. The van der Waals surface area contributed by atoms with Gasteiger partial charge in [0.15, 0.2) is 0 Å². The van der Waals surface area contributed by atoms with Gasteiger partial charge in [0.05, 0.1) is 25.4 Å². The van der Waals surface area contributed by atoms with E-state index in [1.807, 2.05) is 0 Å². The lowest BCUT2D eigenvalue weighted by molar-refractivity contribution is -0.143. The molecule has 2 atom stereocenters. The Bertz CT molecular complexity index is 920. The van der Waals surface area contributed by atoms with Gasteiger partial charge in [-0.2, -0.15) is 0 Å². The van der Waals surface area contributed by atoms with Crippen molar-refractivity contribution < 1.29 is 24.5 Å². The molecule has 0 aromatic rings. The minimum Gasteiger partial charge on any atom is -0.466 e. The van der Waals surface area contributed by atoms with Crippen molar-refractivity contribution in [2.24, 2.45) is 0 Å². The summed E-state index contributed by atoms with van der Waals surface area (Å²) in [6, 6.07) is -0.555. The van der Waals surface area contributed by atoms with Gasteiger partial charge >= 0.3 is 5.97 Å². The highest BCUT2D eigenvalue weighted by Crippen LogP contribution is 2.16. The molecular formula is C53H101NO5. The first-order valence-corrected chi connectivity index (χ1v) is 26.1. The maximum absolute atomic E-state index is 12.4. The van der Waals surface area contributed by atoms with Crippen molar-refractivity contribution in [2.45, 2.75) is 289 Å². The Kier molecular flexibility index (Phi) is 47.6. The minimum atomic E-state index is -0.676. The zero-order valence-corrected chi connectivity index (χ0v) is 39.5. The molecule has 0 fully saturated rings. The highest BCUT2D eigenvalue weighted by atomic mass is 16.5. The van der Waals surface area contributed by atoms with Gasteiger partial charge in [-0.1, -0.05) is 231 Å². The summed E-state index contributed by atoms with van der Waals surface area (Å²) in [5, 5.41) is 23.2. The van der Waals surface area contributed by atoms with Gasteiger partial charge < -0.3 is 20.3 Å². The lowest BCUT2D eigenvalue weighted by atomic mass is 10.0. The topological polar surface area (TPSA) is 95.9 Å². The summed E-state index contributed by atoms with van der Waals surface area (Å²) in [4.78, 5) is 24.5. The Morgan fingerprint density at radius 3 is 1.31 bits per heavy atom. The summed E-state index contributed by atoms with van der Waals surface area (Å²) in [6.45, 7) is 4.89. The van der Waals surface area contributed by atoms with Crippen LogP contribution in [0.3, 0.4) is 0 Å². The molecule has 0 saturated carbocycles. The average Bonchev–Trinajstić information content (AvgIpc) is 3.24. The van der Waals surface area contributed by atoms with Gasteiger partial charge in [-0.25, -0.2) is 0 Å². The van der Waals surface area contributed by atoms with Crippen LogP contribution < -0.4 is 5.32 Å². The Balaban J connectivity index is 3.46. The molecule has 0 bridgehead atoms. The minimum absolute atomic E-state index is 0.0210. The van der Waals surface area contributed by atoms with Gasteiger partial charge in [0.2, 0.25) is 5.91 Å². The summed E-state index contributed by atoms with van der Waals surface area (Å²) >= 11 is 0. The van der Waals surface area contributed by atoms with Crippen molar-refractivity contribution in [1.29, 1.82) is 0 Å². The molecule has 0 aliphatic carbocycles. The predicted octanol–water partition coefficient (Wildman–Crippen LogP) is 15.5. The van der Waals surface area contributed by atoms with Gasteiger partial charge in [-0.15, -0.1) is 0 Å². The number of rotatable bonds is 48. The first-order chi connectivity index (χ1) is 29.0. The number of ether oxygens (including phenoxy) is 1. The first kappa shape index (κ1) is 57.3. The van der Waals surface area contributed by atoms with Crippen molar-refractivity contribution in [3.8, 4) is 0 Å². The lowest BCUT2D eigenvalue weighted by Crippen LogP contribution is -2.45. The Hall–Kier alpha value is -1.66. The van der Waals surface area contributed by atoms with Crippen LogP contribution >= 0.6 is 0 Å². The third-order valence-electron chi connectivity index (χ3n) is 12.0. The number of carbonyl (C=O) groups excluding carboxylic acids is 2. The van der Waals surface area contributed by atoms with Crippen LogP contribution in [0.25, 0.3) is 0 Å². The number of aliphatic hydroxyl groups is 2. The van der Waals surface area contributed by atoms with E-state index in [-0.39, 0.29) is 18.5 Å². The Morgan fingerprint density at radius 1 is 0.475 bits per heavy atom. The predicted molar refractivity (Wildman–Crippen MR) is 255 cm³/mol. The number of unbranched alkanes of at least 4 members (excludes halogenated alkanes) is 33. The normalized spacial score (nSPS) is 12.8. The van der Waals surface area contributed by atoms with E-state index < -0.39 is 12.1 Å². The fourth-order valence-corrected chi connectivity index (χ4v) is 7.96. The SMILES string of the molecule is CCCCCC/C=C\C/C=C\CCCCCCCCCC(=O)OCCCCCCCCCCCCCC(=O)NC(CO)C(O)CCCCCCCCCCCCCCC. The highest BCUT2D eigenvalue weighted by molar-refractivity contribution is 5.76. The van der Waals surface area contributed by atoms with Crippen molar-refractivity contribution in [1.82, 2.24) is 5.32 Å². The fraction of sp³-hybridized carbons (Fsp3) is 0.887. The molecule has 0 saturated heterocycles. The van der Waals surface area contributed by atoms with E-state index in [1.165, 1.54) is 180 Å². The number of hydrogen-bond acceptors (Lipinski definition) is 5. The van der Waals surface area contributed by atoms with Crippen molar-refractivity contribution in [3.63, 3.8) is 0 Å². The molecule has 0 rings (SSSR count). The molecule has 0 aromatic heterocycles. The van der Waals surface area contributed by atoms with E-state index in [2.05, 4.69) is 43.5 Å². The second kappa shape index (κ2) is 49.0. The molecule has 0 aliphatic rings. The van der Waals surface area contributed by atoms with E-state index in [1.54, 1.807) is 0 Å². The summed E-state index contributed by atoms with van der Waals surface area (Å²) < 4.78 is 5.46. The van der Waals surface area contributed by atoms with Crippen molar-refractivity contribution >= 4 is 11.9 Å². The molecule has 6 heteroatoms. The summed E-state index contributed by atoms with van der Waals surface area (Å²) in [5.74, 6) is -0.0755. The van der Waals surface area contributed by atoms with Gasteiger partial charge in [0.25, 0.3) is 0 Å². The van der Waals surface area contributed by atoms with Gasteiger partial charge in [0.1, 0.15) is 0 Å². The molecule has 0 spiro atoms. The maximum atomic E-state index is 12.4. The van der Waals surface area contributed by atoms with Crippen LogP contribution in [0.4, 0.5) is 0 Å². The Labute approximate surface area is 367 Å². The van der Waals surface area contributed by atoms with Crippen LogP contribution in [0, 0.1) is 0 Å². The molecule has 348 valence electrons. The number of nitrogens with one attached hydrogen (secondary N) is 1. The summed E-state index contributed by atoms with van der Waals surface area (Å²) in [6.07, 6.45) is 57.1. The molecule has 0 radical (unpaired) electrons. The van der Waals surface area contributed by atoms with E-state index >= 15 is 0 Å². The van der Waals surface area contributed by atoms with E-state index in [0.29, 0.717) is 25.9 Å². The second-order valence-electron chi connectivity index (χ2n) is 17.9. The number of carbonyl (C=O) groups is 2. The molecule has 3 N–H and O–H groups in total. The van der Waals surface area contributed by atoms with Gasteiger partial charge in [-0.3, -0.25) is 9.59 Å². The number of hydrogen-bond donors (Lipinski definition) is 3. The second-order valence-corrected chi connectivity index (χ2v) is 17.9. The van der Waals surface area contributed by atoms with Gasteiger partial charge in [0, 0.05) is 12.8 Å². The maximum Gasteiger partial charge on any atom is 0.305 e. The summed E-state index contributed by atoms with van der Waals surface area (Å²) in [5.41, 5.74) is 0. The number of esters is 1. The zero-order chi connectivity index (χ0) is 43.0. The van der Waals surface area contributed by atoms with E-state index in [9.17, 15) is 19.8 Å². The number of allylic oxidation sites excluding steroid dienone is 4. The Morgan fingerprint density at radius 2 is 0.847 bits per heavy atom. The van der Waals surface area contributed by atoms with Crippen LogP contribution in [-0.4, -0.2) is 47.4 Å². The van der Waals surface area contributed by atoms with Gasteiger partial charge in [-0.05, 0) is 57.8 Å². The number of aliphatic hydroxyl groups excluding tert-OH is 2. The third kappa shape index (κ3) is 45.7. The third-order valence-corrected chi connectivity index (χ3v) is 12.0. The van der Waals surface area contributed by atoms with Crippen LogP contribution in [0.15, 0.2) is 24.3 Å². The molecule has 0 aliphatic heterocycles. The highest BCUT2D eigenvalue weighted by Gasteiger charge is 2.20. The van der Waals surface area contributed by atoms with Crippen LogP contribution in [-0.2, 0) is 14.3 Å². The quantitative estimate of drug-likeness (QED) is 0.0322. The molecule has 1 amide bonds. The smallest absolute Gasteiger partial charge is 0.305 e. The van der Waals surface area contributed by atoms with Crippen molar-refractivity contribution in [2.75, 3.05) is 13.2 Å². The average molecular weight is 832 g/mol. The van der Waals surface area contributed by atoms with Crippen LogP contribution in [0.1, 0.15) is 277 Å². The van der Waals surface area contributed by atoms with Crippen LogP contribution in [0.5, 0.6) is 0 Å². The molecule has 6 nitrogen and oxygen atoms in total. The van der Waals surface area contributed by atoms with Crippen LogP contribution in [0.2, 0.25) is 0 Å². The largest absolute Gasteiger partial charge is 0.466 e. The van der Waals surface area contributed by atoms with E-state index in [0.717, 1.165) is 64.2 Å². The lowest BCUT2D eigenvalue weighted by Gasteiger charge is -2.22. The fourth-order valence-electron chi connectivity index (χ4n) is 7.96. The van der Waals surface area contributed by atoms with E-state index in [4.69, 9.17) is 4.74 Å². The first-order valence-electron chi connectivity index (χ1n) is 26.1.